The molecule has 5 nitrogen and oxygen atoms in total. The third kappa shape index (κ3) is 4.74. The molecule has 0 spiro atoms. The molecule has 1 aromatic heterocycles. The summed E-state index contributed by atoms with van der Waals surface area (Å²) in [6.07, 6.45) is 3.24. The molecule has 2 aromatic carbocycles. The van der Waals surface area contributed by atoms with Crippen LogP contribution >= 0.6 is 11.6 Å². The number of methoxy groups -OCH3 is 1. The van der Waals surface area contributed by atoms with Gasteiger partial charge >= 0.3 is 0 Å². The van der Waals surface area contributed by atoms with Gasteiger partial charge in [0, 0.05) is 17.3 Å². The van der Waals surface area contributed by atoms with E-state index in [1.165, 1.54) is 13.2 Å². The molecule has 3 rings (SSSR count). The first-order valence-electron chi connectivity index (χ1n) is 8.12. The molecule has 0 aliphatic heterocycles. The second-order valence-corrected chi connectivity index (χ2v) is 5.86. The normalized spacial score (nSPS) is 10.8. The van der Waals surface area contributed by atoms with E-state index < -0.39 is 5.82 Å². The van der Waals surface area contributed by atoms with Gasteiger partial charge in [-0.05, 0) is 36.4 Å². The maximum Gasteiger partial charge on any atom is 0.170 e. The average molecular weight is 386 g/mol. The minimum atomic E-state index is -0.426. The van der Waals surface area contributed by atoms with E-state index in [9.17, 15) is 4.39 Å². The van der Waals surface area contributed by atoms with Gasteiger partial charge in [-0.3, -0.25) is 5.43 Å². The molecule has 0 unspecified atom stereocenters. The highest BCUT2D eigenvalue weighted by atomic mass is 35.5. The van der Waals surface area contributed by atoms with Crippen LogP contribution in [0.25, 0.3) is 0 Å². The van der Waals surface area contributed by atoms with Crippen LogP contribution in [-0.4, -0.2) is 18.3 Å². The van der Waals surface area contributed by atoms with Crippen LogP contribution in [0.1, 0.15) is 11.1 Å². The summed E-state index contributed by atoms with van der Waals surface area (Å²) in [5.41, 5.74) is 3.77. The number of hydrogen-bond acceptors (Lipinski definition) is 5. The molecule has 0 saturated carbocycles. The van der Waals surface area contributed by atoms with Crippen molar-refractivity contribution in [1.29, 1.82) is 0 Å². The summed E-state index contributed by atoms with van der Waals surface area (Å²) in [6, 6.07) is 15.3. The Morgan fingerprint density at radius 1 is 1.15 bits per heavy atom. The first kappa shape index (κ1) is 18.7. The van der Waals surface area contributed by atoms with E-state index in [2.05, 4.69) is 15.5 Å². The molecule has 138 valence electrons. The number of rotatable bonds is 7. The lowest BCUT2D eigenvalue weighted by molar-refractivity contribution is 0.279. The smallest absolute Gasteiger partial charge is 0.170 e. The summed E-state index contributed by atoms with van der Waals surface area (Å²) in [6.45, 7) is -0.0413. The Morgan fingerprint density at radius 3 is 2.74 bits per heavy atom. The third-order valence-corrected chi connectivity index (χ3v) is 4.05. The van der Waals surface area contributed by atoms with Crippen molar-refractivity contribution < 1.29 is 13.9 Å². The van der Waals surface area contributed by atoms with Crippen LogP contribution in [0, 0.1) is 5.82 Å². The zero-order chi connectivity index (χ0) is 19.1. The summed E-state index contributed by atoms with van der Waals surface area (Å²) in [4.78, 5) is 4.12. The summed E-state index contributed by atoms with van der Waals surface area (Å²) in [5, 5.41) is 4.47. The van der Waals surface area contributed by atoms with Crippen molar-refractivity contribution >= 4 is 23.6 Å². The van der Waals surface area contributed by atoms with E-state index in [4.69, 9.17) is 21.1 Å². The topological polar surface area (TPSA) is 55.7 Å². The second-order valence-electron chi connectivity index (χ2n) is 5.45. The number of nitrogens with one attached hydrogen (secondary N) is 1. The van der Waals surface area contributed by atoms with Crippen molar-refractivity contribution in [2.45, 2.75) is 6.61 Å². The van der Waals surface area contributed by atoms with Gasteiger partial charge in [-0.2, -0.15) is 5.10 Å². The Balaban J connectivity index is 1.81. The molecular weight excluding hydrogens is 369 g/mol. The van der Waals surface area contributed by atoms with Crippen LogP contribution in [0.2, 0.25) is 5.02 Å². The molecule has 0 aliphatic carbocycles. The zero-order valence-corrected chi connectivity index (χ0v) is 15.3. The van der Waals surface area contributed by atoms with Gasteiger partial charge < -0.3 is 9.47 Å². The number of hydrazone groups is 1. The van der Waals surface area contributed by atoms with E-state index in [1.807, 2.05) is 24.3 Å². The molecule has 0 atom stereocenters. The molecule has 0 saturated heterocycles. The highest BCUT2D eigenvalue weighted by Crippen LogP contribution is 2.32. The molecule has 0 radical (unpaired) electrons. The van der Waals surface area contributed by atoms with E-state index in [0.717, 1.165) is 0 Å². The van der Waals surface area contributed by atoms with Crippen molar-refractivity contribution in [2.24, 2.45) is 5.10 Å². The number of benzene rings is 2. The maximum atomic E-state index is 14.0. The highest BCUT2D eigenvalue weighted by Gasteiger charge is 2.13. The number of anilines is 1. The minimum absolute atomic E-state index is 0.0413. The summed E-state index contributed by atoms with van der Waals surface area (Å²) in [7, 11) is 1.53. The Bertz CT molecular complexity index is 916. The van der Waals surface area contributed by atoms with Crippen molar-refractivity contribution in [3.63, 3.8) is 0 Å². The molecule has 1 heterocycles. The Labute approximate surface area is 161 Å². The molecule has 7 heteroatoms. The van der Waals surface area contributed by atoms with Gasteiger partial charge in [0.1, 0.15) is 18.2 Å². The van der Waals surface area contributed by atoms with Gasteiger partial charge in [-0.15, -0.1) is 0 Å². The van der Waals surface area contributed by atoms with E-state index in [0.29, 0.717) is 27.9 Å². The summed E-state index contributed by atoms with van der Waals surface area (Å²) < 4.78 is 25.2. The summed E-state index contributed by atoms with van der Waals surface area (Å²) >= 11 is 6.07. The van der Waals surface area contributed by atoms with Crippen molar-refractivity contribution in [3.05, 3.63) is 82.8 Å². The lowest BCUT2D eigenvalue weighted by atomic mass is 10.2. The van der Waals surface area contributed by atoms with Gasteiger partial charge in [0.2, 0.25) is 0 Å². The molecule has 0 aliphatic rings. The second kappa shape index (κ2) is 9.00. The largest absolute Gasteiger partial charge is 0.493 e. The summed E-state index contributed by atoms with van der Waals surface area (Å²) in [5.74, 6) is 1.12. The fraction of sp³-hybridized carbons (Fsp3) is 0.100. The van der Waals surface area contributed by atoms with Gasteiger partial charge in [-0.1, -0.05) is 29.8 Å². The van der Waals surface area contributed by atoms with Crippen molar-refractivity contribution in [2.75, 3.05) is 12.5 Å². The van der Waals surface area contributed by atoms with Gasteiger partial charge in [0.15, 0.2) is 11.5 Å². The lowest BCUT2D eigenvalue weighted by Crippen LogP contribution is -2.03. The van der Waals surface area contributed by atoms with E-state index in [-0.39, 0.29) is 12.2 Å². The number of pyridine rings is 1. The molecule has 0 fully saturated rings. The van der Waals surface area contributed by atoms with Crippen LogP contribution in [-0.2, 0) is 6.61 Å². The number of ether oxygens (including phenoxy) is 2. The molecule has 27 heavy (non-hydrogen) atoms. The molecule has 0 bridgehead atoms. The van der Waals surface area contributed by atoms with Crippen LogP contribution in [0.15, 0.2) is 65.9 Å². The monoisotopic (exact) mass is 385 g/mol. The van der Waals surface area contributed by atoms with Crippen molar-refractivity contribution in [3.8, 4) is 11.5 Å². The van der Waals surface area contributed by atoms with Crippen LogP contribution in [0.3, 0.4) is 0 Å². The third-order valence-electron chi connectivity index (χ3n) is 3.70. The number of hydrogen-bond donors (Lipinski definition) is 1. The highest BCUT2D eigenvalue weighted by molar-refractivity contribution is 6.31. The number of nitrogens with zero attached hydrogens (tertiary/aromatic N) is 2. The Hall–Kier alpha value is -3.12. The van der Waals surface area contributed by atoms with E-state index in [1.54, 1.807) is 36.7 Å². The maximum absolute atomic E-state index is 14.0. The predicted octanol–water partition coefficient (Wildman–Crippen LogP) is 4.91. The zero-order valence-electron chi connectivity index (χ0n) is 14.5. The lowest BCUT2D eigenvalue weighted by Gasteiger charge is -2.14. The predicted molar refractivity (Wildman–Crippen MR) is 104 cm³/mol. The van der Waals surface area contributed by atoms with Crippen LogP contribution in [0.5, 0.6) is 11.5 Å². The Morgan fingerprint density at radius 2 is 2.00 bits per heavy atom. The van der Waals surface area contributed by atoms with Crippen LogP contribution < -0.4 is 14.9 Å². The number of aromatic nitrogens is 1. The van der Waals surface area contributed by atoms with E-state index >= 15 is 0 Å². The SMILES string of the molecule is COc1cccc(C=NNc2ccccn2)c1OCc1c(F)cccc1Cl. The molecule has 1 N–H and O–H groups in total. The first-order valence-corrected chi connectivity index (χ1v) is 8.49. The fourth-order valence-electron chi connectivity index (χ4n) is 2.36. The molecular formula is C20H17ClFN3O2. The van der Waals surface area contributed by atoms with Crippen molar-refractivity contribution in [1.82, 2.24) is 4.98 Å². The van der Waals surface area contributed by atoms with Gasteiger partial charge in [0.25, 0.3) is 0 Å². The standard InChI is InChI=1S/C20H17ClFN3O2/c1-26-18-9-4-6-14(12-24-25-19-10-2-3-11-23-19)20(18)27-13-15-16(21)7-5-8-17(15)22/h2-12H,13H2,1H3,(H,23,25). The average Bonchev–Trinajstić information content (AvgIpc) is 2.69. The fourth-order valence-corrected chi connectivity index (χ4v) is 2.58. The van der Waals surface area contributed by atoms with Gasteiger partial charge in [-0.25, -0.2) is 9.37 Å². The minimum Gasteiger partial charge on any atom is -0.493 e. The Kier molecular flexibility index (Phi) is 6.22. The quantitative estimate of drug-likeness (QED) is 0.464. The number of halogens is 2. The van der Waals surface area contributed by atoms with Gasteiger partial charge in [0.05, 0.1) is 18.3 Å². The number of para-hydroxylation sites is 1. The molecule has 3 aromatic rings. The first-order chi connectivity index (χ1) is 13.2. The molecule has 0 amide bonds. The van der Waals surface area contributed by atoms with Crippen LogP contribution in [0.4, 0.5) is 10.2 Å².